The summed E-state index contributed by atoms with van der Waals surface area (Å²) in [6, 6.07) is 60.1. The van der Waals surface area contributed by atoms with E-state index in [1.54, 1.807) is 0 Å². The van der Waals surface area contributed by atoms with Crippen molar-refractivity contribution in [3.63, 3.8) is 0 Å². The second-order valence-electron chi connectivity index (χ2n) is 12.1. The lowest BCUT2D eigenvalue weighted by Crippen LogP contribution is -2.56. The van der Waals surface area contributed by atoms with Crippen LogP contribution in [0.1, 0.15) is 0 Å². The Hall–Kier alpha value is -5.80. The average Bonchev–Trinajstić information content (AvgIpc) is 3.44. The minimum atomic E-state index is 0.0602. The van der Waals surface area contributed by atoms with Gasteiger partial charge in [-0.25, -0.2) is 0 Å². The molecule has 10 rings (SSSR count). The van der Waals surface area contributed by atoms with Gasteiger partial charge in [0.15, 0.2) is 0 Å². The predicted octanol–water partition coefficient (Wildman–Crippen LogP) is 9.55. The van der Waals surface area contributed by atoms with E-state index < -0.39 is 0 Å². The fraction of sp³-hybridized carbons (Fsp3) is 0. The van der Waals surface area contributed by atoms with E-state index in [0.29, 0.717) is 0 Å². The molecule has 0 N–H and O–H groups in total. The van der Waals surface area contributed by atoms with Crippen LogP contribution in [0.2, 0.25) is 0 Å². The number of benzene rings is 7. The molecule has 0 unspecified atom stereocenters. The smallest absolute Gasteiger partial charge is 0.333 e. The van der Waals surface area contributed by atoms with Crippen molar-refractivity contribution in [1.29, 1.82) is 0 Å². The summed E-state index contributed by atoms with van der Waals surface area (Å²) < 4.78 is 2.64. The Labute approximate surface area is 262 Å². The third-order valence-electron chi connectivity index (χ3n) is 9.74. The molecule has 0 aliphatic carbocycles. The van der Waals surface area contributed by atoms with Crippen LogP contribution in [0.4, 0.5) is 17.1 Å². The van der Waals surface area contributed by atoms with E-state index >= 15 is 0 Å². The summed E-state index contributed by atoms with van der Waals surface area (Å²) >= 11 is 0. The Morgan fingerprint density at radius 1 is 0.422 bits per heavy atom. The van der Waals surface area contributed by atoms with Gasteiger partial charge in [0, 0.05) is 44.4 Å². The van der Waals surface area contributed by atoms with E-state index in [1.807, 2.05) is 0 Å². The van der Waals surface area contributed by atoms with Crippen molar-refractivity contribution in [3.8, 4) is 33.4 Å². The van der Waals surface area contributed by atoms with Gasteiger partial charge in [0.25, 0.3) is 0 Å². The van der Waals surface area contributed by atoms with Crippen LogP contribution in [0.5, 0.6) is 0 Å². The van der Waals surface area contributed by atoms with Crippen LogP contribution in [0.25, 0.3) is 55.2 Å². The van der Waals surface area contributed by atoms with E-state index in [-0.39, 0.29) is 6.85 Å². The van der Waals surface area contributed by atoms with Crippen LogP contribution >= 0.6 is 0 Å². The molecular weight excluding hydrogens is 543 g/mol. The Morgan fingerprint density at radius 3 is 1.84 bits per heavy atom. The summed E-state index contributed by atoms with van der Waals surface area (Å²) in [5.74, 6) is 0. The largest absolute Gasteiger partial charge is 0.375 e. The van der Waals surface area contributed by atoms with Gasteiger partial charge in [0.2, 0.25) is 0 Å². The summed E-state index contributed by atoms with van der Waals surface area (Å²) in [5, 5.41) is 2.60. The molecule has 0 atom stereocenters. The fourth-order valence-electron chi connectivity index (χ4n) is 7.86. The topological polar surface area (TPSA) is 8.17 Å². The molecule has 0 saturated heterocycles. The Morgan fingerprint density at radius 2 is 1.07 bits per heavy atom. The molecule has 3 heterocycles. The van der Waals surface area contributed by atoms with Gasteiger partial charge in [-0.3, -0.25) is 0 Å². The maximum atomic E-state index is 2.64. The zero-order valence-electron chi connectivity index (χ0n) is 24.6. The van der Waals surface area contributed by atoms with Gasteiger partial charge >= 0.3 is 6.85 Å². The second kappa shape index (κ2) is 9.35. The highest BCUT2D eigenvalue weighted by Crippen LogP contribution is 2.46. The summed E-state index contributed by atoms with van der Waals surface area (Å²) in [6.07, 6.45) is 0. The molecular formula is C42H27BN2. The van der Waals surface area contributed by atoms with Gasteiger partial charge in [0.05, 0.1) is 0 Å². The highest BCUT2D eigenvalue weighted by molar-refractivity contribution is 6.90. The minimum absolute atomic E-state index is 0.0602. The van der Waals surface area contributed by atoms with Gasteiger partial charge in [0.1, 0.15) is 0 Å². The first-order valence-electron chi connectivity index (χ1n) is 15.6. The Bertz CT molecular complexity index is 2430. The van der Waals surface area contributed by atoms with Crippen LogP contribution in [-0.4, -0.2) is 11.3 Å². The zero-order chi connectivity index (χ0) is 29.5. The number of nitrogens with zero attached hydrogens (tertiary/aromatic N) is 2. The zero-order valence-corrected chi connectivity index (χ0v) is 24.6. The number of hydrogen-bond donors (Lipinski definition) is 0. The molecule has 3 heteroatoms. The van der Waals surface area contributed by atoms with Crippen LogP contribution < -0.4 is 15.8 Å². The molecule has 208 valence electrons. The standard InChI is InChI=1S/C42H27BN2/c1-4-13-28(14-5-1)30-23-24-38-34(25-30)36-27-31(29-15-6-2-7-16-29)26-35-33-19-12-22-40-41(33)43(45(38)42(35)36)37-20-10-11-21-39(37)44(40)32-17-8-3-9-18-32/h1-27H. The lowest BCUT2D eigenvalue weighted by atomic mass is 9.45. The van der Waals surface area contributed by atoms with Crippen molar-refractivity contribution in [2.75, 3.05) is 4.90 Å². The third-order valence-corrected chi connectivity index (χ3v) is 9.74. The van der Waals surface area contributed by atoms with E-state index in [9.17, 15) is 0 Å². The first-order chi connectivity index (χ1) is 22.3. The van der Waals surface area contributed by atoms with Gasteiger partial charge in [-0.2, -0.15) is 0 Å². The Kier molecular flexibility index (Phi) is 5.12. The number of anilines is 3. The first-order valence-corrected chi connectivity index (χ1v) is 15.6. The van der Waals surface area contributed by atoms with E-state index in [2.05, 4.69) is 173 Å². The van der Waals surface area contributed by atoms with Gasteiger partial charge < -0.3 is 9.38 Å². The molecule has 0 spiro atoms. The molecule has 0 saturated carbocycles. The molecule has 0 bridgehead atoms. The summed E-state index contributed by atoms with van der Waals surface area (Å²) in [7, 11) is 0. The molecule has 0 radical (unpaired) electrons. The van der Waals surface area contributed by atoms with Crippen LogP contribution in [0.3, 0.4) is 0 Å². The van der Waals surface area contributed by atoms with Crippen molar-refractivity contribution < 1.29 is 0 Å². The molecule has 2 nitrogen and oxygen atoms in total. The molecule has 1 aromatic heterocycles. The third kappa shape index (κ3) is 3.47. The average molecular weight is 571 g/mol. The molecule has 45 heavy (non-hydrogen) atoms. The van der Waals surface area contributed by atoms with Crippen molar-refractivity contribution in [1.82, 2.24) is 4.48 Å². The number of rotatable bonds is 3. The van der Waals surface area contributed by atoms with Crippen LogP contribution in [0.15, 0.2) is 164 Å². The number of para-hydroxylation sites is 2. The van der Waals surface area contributed by atoms with Crippen molar-refractivity contribution in [2.24, 2.45) is 0 Å². The quantitative estimate of drug-likeness (QED) is 0.192. The molecule has 2 aliphatic rings. The summed E-state index contributed by atoms with van der Waals surface area (Å²) in [4.78, 5) is 2.45. The van der Waals surface area contributed by atoms with Crippen molar-refractivity contribution in [2.45, 2.75) is 0 Å². The normalized spacial score (nSPS) is 12.8. The highest BCUT2D eigenvalue weighted by atomic mass is 15.2. The fourth-order valence-corrected chi connectivity index (χ4v) is 7.86. The molecule has 7 aromatic carbocycles. The predicted molar refractivity (Wildman–Crippen MR) is 191 cm³/mol. The second-order valence-corrected chi connectivity index (χ2v) is 12.1. The van der Waals surface area contributed by atoms with E-state index in [0.717, 1.165) is 0 Å². The summed E-state index contributed by atoms with van der Waals surface area (Å²) in [5.41, 5.74) is 16.5. The lowest BCUT2D eigenvalue weighted by Gasteiger charge is -2.40. The monoisotopic (exact) mass is 570 g/mol. The van der Waals surface area contributed by atoms with Crippen molar-refractivity contribution in [3.05, 3.63) is 164 Å². The number of hydrogen-bond acceptors (Lipinski definition) is 1. The minimum Gasteiger partial charge on any atom is -0.375 e. The van der Waals surface area contributed by atoms with Crippen LogP contribution in [0, 0.1) is 0 Å². The maximum Gasteiger partial charge on any atom is 0.333 e. The lowest BCUT2D eigenvalue weighted by molar-refractivity contribution is 1.25. The van der Waals surface area contributed by atoms with E-state index in [1.165, 1.54) is 83.2 Å². The Balaban J connectivity index is 1.35. The van der Waals surface area contributed by atoms with Gasteiger partial charge in [-0.15, -0.1) is 0 Å². The van der Waals surface area contributed by atoms with Crippen LogP contribution in [-0.2, 0) is 0 Å². The van der Waals surface area contributed by atoms with Gasteiger partial charge in [-0.05, 0) is 87.3 Å². The SMILES string of the molecule is c1ccc(-c2ccc3c(c2)c2cc(-c4ccccc4)cc4c2n3B2c3ccccc3N(c3ccccc3)c3cccc-4c32)cc1. The van der Waals surface area contributed by atoms with E-state index in [4.69, 9.17) is 0 Å². The molecule has 0 amide bonds. The first kappa shape index (κ1) is 24.6. The molecule has 8 aromatic rings. The van der Waals surface area contributed by atoms with Gasteiger partial charge in [-0.1, -0.05) is 115 Å². The highest BCUT2D eigenvalue weighted by Gasteiger charge is 2.42. The summed E-state index contributed by atoms with van der Waals surface area (Å²) in [6.45, 7) is 0.0602. The molecule has 0 fully saturated rings. The number of aromatic nitrogens is 1. The van der Waals surface area contributed by atoms with Crippen molar-refractivity contribution >= 4 is 56.6 Å². The maximum absolute atomic E-state index is 2.64. The number of fused-ring (bicyclic) bond motifs is 7. The molecule has 2 aliphatic heterocycles.